The molecule has 1 saturated heterocycles. The number of carbonyl (C=O) groups is 1. The molecule has 3 aromatic carbocycles. The summed E-state index contributed by atoms with van der Waals surface area (Å²) in [6.45, 7) is -1.06. The lowest BCUT2D eigenvalue weighted by Gasteiger charge is -2.40. The fraction of sp³-hybridized carbons (Fsp3) is 0.462. The van der Waals surface area contributed by atoms with Crippen molar-refractivity contribution in [1.29, 1.82) is 0 Å². The molecule has 0 radical (unpaired) electrons. The molecule has 0 saturated carbocycles. The molecule has 3 aromatic rings. The van der Waals surface area contributed by atoms with Crippen molar-refractivity contribution < 1.29 is 83.2 Å². The van der Waals surface area contributed by atoms with Crippen LogP contribution in [0, 0.1) is 11.8 Å². The fourth-order valence-electron chi connectivity index (χ4n) is 6.28. The number of rotatable bonds is 19. The Labute approximate surface area is 323 Å². The van der Waals surface area contributed by atoms with Crippen LogP contribution in [0.5, 0.6) is 51.7 Å². The molecule has 7 unspecified atom stereocenters. The summed E-state index contributed by atoms with van der Waals surface area (Å²) in [5.74, 6) is -1.71. The van der Waals surface area contributed by atoms with Crippen LogP contribution in [0.4, 0.5) is 0 Å². The van der Waals surface area contributed by atoms with E-state index in [0.29, 0.717) is 16.7 Å². The molecule has 308 valence electrons. The first-order valence-electron chi connectivity index (χ1n) is 17.4. The van der Waals surface area contributed by atoms with Gasteiger partial charge in [0.1, 0.15) is 31.0 Å². The molecule has 56 heavy (non-hydrogen) atoms. The Balaban J connectivity index is 1.54. The lowest BCUT2D eigenvalue weighted by atomic mass is 9.83. The van der Waals surface area contributed by atoms with Gasteiger partial charge in [0.15, 0.2) is 40.8 Å². The molecule has 7 N–H and O–H groups in total. The van der Waals surface area contributed by atoms with Crippen LogP contribution in [0.2, 0.25) is 0 Å². The predicted octanol–water partition coefficient (Wildman–Crippen LogP) is 1.95. The topological polar surface area (TPSA) is 242 Å². The van der Waals surface area contributed by atoms with E-state index in [1.807, 2.05) is 0 Å². The lowest BCUT2D eigenvalue weighted by Crippen LogP contribution is -2.59. The van der Waals surface area contributed by atoms with Crippen molar-refractivity contribution in [3.8, 4) is 51.7 Å². The third-order valence-corrected chi connectivity index (χ3v) is 9.42. The zero-order chi connectivity index (χ0) is 41.1. The minimum atomic E-state index is -1.75. The number of aliphatic hydroxyl groups excluding tert-OH is 4. The summed E-state index contributed by atoms with van der Waals surface area (Å²) in [6.07, 6.45) is -5.04. The number of hydrogen-bond donors (Lipinski definition) is 7. The molecule has 17 heteroatoms. The average molecular weight is 791 g/mol. The minimum absolute atomic E-state index is 0.116. The molecule has 0 aliphatic carbocycles. The van der Waals surface area contributed by atoms with E-state index in [0.717, 1.165) is 6.08 Å². The van der Waals surface area contributed by atoms with Gasteiger partial charge in [-0.25, -0.2) is 4.79 Å². The second kappa shape index (κ2) is 20.1. The van der Waals surface area contributed by atoms with Gasteiger partial charge in [0, 0.05) is 12.7 Å². The number of aliphatic hydroxyl groups is 4. The van der Waals surface area contributed by atoms with Crippen molar-refractivity contribution in [2.75, 3.05) is 62.5 Å². The van der Waals surface area contributed by atoms with E-state index in [1.165, 1.54) is 60.9 Å². The molecule has 1 aliphatic rings. The fourth-order valence-corrected chi connectivity index (χ4v) is 6.28. The van der Waals surface area contributed by atoms with Crippen LogP contribution < -0.4 is 28.4 Å². The molecule has 4 rings (SSSR count). The van der Waals surface area contributed by atoms with Gasteiger partial charge in [-0.05, 0) is 83.8 Å². The summed E-state index contributed by atoms with van der Waals surface area (Å²) in [7, 11) is 8.27. The molecule has 1 fully saturated rings. The summed E-state index contributed by atoms with van der Waals surface area (Å²) >= 11 is 0. The average Bonchev–Trinajstić information content (AvgIpc) is 3.21. The van der Waals surface area contributed by atoms with E-state index >= 15 is 0 Å². The molecule has 1 aliphatic heterocycles. The SMILES string of the molecule is COc1cc(C=CC(=O)OCC2OC(OCC(Cc3cc(OC)c(O)c(OC)c3)C(CO)Cc3cc(OC)c(O)c(OC)c3)C(O)C(O)C2O)cc(OC)c1O. The van der Waals surface area contributed by atoms with E-state index in [-0.39, 0.29) is 77.8 Å². The molecule has 0 bridgehead atoms. The van der Waals surface area contributed by atoms with Gasteiger partial charge in [-0.15, -0.1) is 0 Å². The van der Waals surface area contributed by atoms with Gasteiger partial charge < -0.3 is 78.4 Å². The van der Waals surface area contributed by atoms with Crippen molar-refractivity contribution in [3.63, 3.8) is 0 Å². The highest BCUT2D eigenvalue weighted by atomic mass is 16.7. The zero-order valence-electron chi connectivity index (χ0n) is 31.9. The standard InChI is InChI=1S/C39H50O17/c1-48-25-11-20(12-26(49-2)33(25)42)7-8-32(41)54-19-31-36(45)37(46)38(47)39(56-31)55-18-24(10-22-15-29(52-5)35(44)30(16-22)53-6)23(17-40)9-21-13-27(50-3)34(43)28(14-21)51-4/h7-8,11-16,23-24,31,36-40,42-47H,9-10,17-19H2,1-6H3. The Bertz CT molecular complexity index is 1720. The number of phenolic OH excluding ortho intramolecular Hbond substituents is 3. The molecule has 17 nitrogen and oxygen atoms in total. The number of hydrogen-bond acceptors (Lipinski definition) is 17. The number of ether oxygens (including phenoxy) is 9. The molecular weight excluding hydrogens is 740 g/mol. The van der Waals surface area contributed by atoms with Gasteiger partial charge in [-0.1, -0.05) is 0 Å². The van der Waals surface area contributed by atoms with Gasteiger partial charge in [0.05, 0.1) is 49.3 Å². The van der Waals surface area contributed by atoms with Crippen LogP contribution in [-0.4, -0.2) is 135 Å². The highest BCUT2D eigenvalue weighted by Gasteiger charge is 2.45. The first kappa shape index (κ1) is 43.6. The molecule has 0 amide bonds. The maximum atomic E-state index is 12.6. The normalized spacial score (nSPS) is 20.6. The van der Waals surface area contributed by atoms with Crippen molar-refractivity contribution in [1.82, 2.24) is 0 Å². The third-order valence-electron chi connectivity index (χ3n) is 9.42. The number of methoxy groups -OCH3 is 6. The third kappa shape index (κ3) is 10.4. The number of aromatic hydroxyl groups is 3. The summed E-state index contributed by atoms with van der Waals surface area (Å²) in [5, 5.41) is 74.1. The maximum Gasteiger partial charge on any atom is 0.330 e. The summed E-state index contributed by atoms with van der Waals surface area (Å²) < 4.78 is 48.7. The first-order chi connectivity index (χ1) is 26.8. The number of phenols is 3. The molecule has 7 atom stereocenters. The van der Waals surface area contributed by atoms with Gasteiger partial charge in [0.25, 0.3) is 0 Å². The van der Waals surface area contributed by atoms with E-state index in [1.54, 1.807) is 24.3 Å². The van der Waals surface area contributed by atoms with Crippen molar-refractivity contribution in [2.45, 2.75) is 43.5 Å². The van der Waals surface area contributed by atoms with Gasteiger partial charge in [-0.2, -0.15) is 0 Å². The van der Waals surface area contributed by atoms with Crippen molar-refractivity contribution in [2.24, 2.45) is 11.8 Å². The van der Waals surface area contributed by atoms with Crippen LogP contribution >= 0.6 is 0 Å². The van der Waals surface area contributed by atoms with Crippen LogP contribution in [0.3, 0.4) is 0 Å². The molecular formula is C39H50O17. The summed E-state index contributed by atoms with van der Waals surface area (Å²) in [6, 6.07) is 9.36. The molecule has 1 heterocycles. The van der Waals surface area contributed by atoms with E-state index < -0.39 is 55.1 Å². The monoisotopic (exact) mass is 790 g/mol. The van der Waals surface area contributed by atoms with Crippen LogP contribution in [0.1, 0.15) is 16.7 Å². The number of esters is 1. The summed E-state index contributed by atoms with van der Waals surface area (Å²) in [5.41, 5.74) is 1.72. The quantitative estimate of drug-likeness (QED) is 0.0678. The maximum absolute atomic E-state index is 12.6. The molecule has 0 aromatic heterocycles. The van der Waals surface area contributed by atoms with Crippen molar-refractivity contribution >= 4 is 12.0 Å². The molecule has 0 spiro atoms. The van der Waals surface area contributed by atoms with Crippen molar-refractivity contribution in [3.05, 3.63) is 59.2 Å². The number of benzene rings is 3. The van der Waals surface area contributed by atoms with Gasteiger partial charge in [0.2, 0.25) is 17.2 Å². The first-order valence-corrected chi connectivity index (χ1v) is 17.4. The van der Waals surface area contributed by atoms with Crippen LogP contribution in [0.15, 0.2) is 42.5 Å². The van der Waals surface area contributed by atoms with Gasteiger partial charge in [-0.3, -0.25) is 0 Å². The van der Waals surface area contributed by atoms with Gasteiger partial charge >= 0.3 is 5.97 Å². The lowest BCUT2D eigenvalue weighted by molar-refractivity contribution is -0.304. The largest absolute Gasteiger partial charge is 0.502 e. The smallest absolute Gasteiger partial charge is 0.330 e. The van der Waals surface area contributed by atoms with E-state index in [9.17, 15) is 40.5 Å². The van der Waals surface area contributed by atoms with E-state index in [2.05, 4.69) is 0 Å². The highest BCUT2D eigenvalue weighted by Crippen LogP contribution is 2.41. The second-order valence-corrected chi connectivity index (χ2v) is 12.9. The zero-order valence-corrected chi connectivity index (χ0v) is 31.9. The van der Waals surface area contributed by atoms with Crippen LogP contribution in [0.25, 0.3) is 6.08 Å². The van der Waals surface area contributed by atoms with Crippen LogP contribution in [-0.2, 0) is 31.8 Å². The Morgan fingerprint density at radius 3 is 1.52 bits per heavy atom. The minimum Gasteiger partial charge on any atom is -0.502 e. The Kier molecular flexibility index (Phi) is 15.7. The predicted molar refractivity (Wildman–Crippen MR) is 198 cm³/mol. The summed E-state index contributed by atoms with van der Waals surface area (Å²) in [4.78, 5) is 12.6. The Morgan fingerprint density at radius 1 is 0.661 bits per heavy atom. The highest BCUT2D eigenvalue weighted by molar-refractivity contribution is 5.87. The van der Waals surface area contributed by atoms with E-state index in [4.69, 9.17) is 42.6 Å². The second-order valence-electron chi connectivity index (χ2n) is 12.9. The number of carbonyl (C=O) groups excluding carboxylic acids is 1. The Morgan fingerprint density at radius 2 is 1.09 bits per heavy atom. The Hall–Kier alpha value is -5.17.